The van der Waals surface area contributed by atoms with Gasteiger partial charge in [-0.05, 0) is 47.2 Å². The fraction of sp³-hybridized carbons (Fsp3) is 0.100. The smallest absolute Gasteiger partial charge is 0.347 e. The zero-order valence-corrected chi connectivity index (χ0v) is 13.9. The van der Waals surface area contributed by atoms with Crippen LogP contribution in [0.2, 0.25) is 0 Å². The van der Waals surface area contributed by atoms with Gasteiger partial charge in [-0.25, -0.2) is 4.79 Å². The number of methoxy groups -OCH3 is 1. The van der Waals surface area contributed by atoms with Gasteiger partial charge < -0.3 is 14.8 Å². The maximum atomic E-state index is 12.5. The van der Waals surface area contributed by atoms with E-state index in [4.69, 9.17) is 9.47 Å². The second-order valence-corrected chi connectivity index (χ2v) is 5.49. The molecule has 0 aliphatic carbocycles. The summed E-state index contributed by atoms with van der Waals surface area (Å²) < 4.78 is 10.7. The molecule has 0 spiro atoms. The highest BCUT2D eigenvalue weighted by Crippen LogP contribution is 2.27. The molecule has 0 atom stereocenters. The van der Waals surface area contributed by atoms with Gasteiger partial charge in [0.15, 0.2) is 0 Å². The minimum atomic E-state index is -0.505. The topological polar surface area (TPSA) is 64.6 Å². The Labute approximate surface area is 145 Å². The number of hydrogen-bond donors (Lipinski definition) is 1. The summed E-state index contributed by atoms with van der Waals surface area (Å²) in [6.45, 7) is 1.43. The first-order valence-corrected chi connectivity index (χ1v) is 7.73. The van der Waals surface area contributed by atoms with Gasteiger partial charge in [0.05, 0.1) is 7.11 Å². The third-order valence-corrected chi connectivity index (χ3v) is 3.67. The van der Waals surface area contributed by atoms with Crippen molar-refractivity contribution in [2.75, 3.05) is 12.4 Å². The second kappa shape index (κ2) is 7.05. The SMILES string of the molecule is COc1cc2ccccc2cc1C(=O)Oc1ccc(NC(C)=O)cc1. The van der Waals surface area contributed by atoms with Crippen LogP contribution in [-0.2, 0) is 4.79 Å². The van der Waals surface area contributed by atoms with Crippen LogP contribution in [0.25, 0.3) is 10.8 Å². The molecule has 0 heterocycles. The molecule has 25 heavy (non-hydrogen) atoms. The van der Waals surface area contributed by atoms with Crippen molar-refractivity contribution >= 4 is 28.3 Å². The molecule has 0 aliphatic heterocycles. The minimum absolute atomic E-state index is 0.161. The van der Waals surface area contributed by atoms with Gasteiger partial charge in [0.25, 0.3) is 0 Å². The van der Waals surface area contributed by atoms with Gasteiger partial charge in [-0.3, -0.25) is 4.79 Å². The van der Waals surface area contributed by atoms with Gasteiger partial charge in [0, 0.05) is 12.6 Å². The number of anilines is 1. The number of rotatable bonds is 4. The van der Waals surface area contributed by atoms with E-state index in [1.165, 1.54) is 14.0 Å². The molecule has 3 aromatic rings. The highest BCUT2D eigenvalue weighted by molar-refractivity contribution is 5.99. The Hall–Kier alpha value is -3.34. The van der Waals surface area contributed by atoms with E-state index in [1.54, 1.807) is 30.3 Å². The van der Waals surface area contributed by atoms with Crippen molar-refractivity contribution in [3.63, 3.8) is 0 Å². The molecule has 1 N–H and O–H groups in total. The number of hydrogen-bond acceptors (Lipinski definition) is 4. The van der Waals surface area contributed by atoms with Crippen molar-refractivity contribution in [2.24, 2.45) is 0 Å². The average molecular weight is 335 g/mol. The summed E-state index contributed by atoms with van der Waals surface area (Å²) in [6, 6.07) is 17.9. The summed E-state index contributed by atoms with van der Waals surface area (Å²) in [5.74, 6) is 0.174. The standard InChI is InChI=1S/C20H17NO4/c1-13(22)21-16-7-9-17(10-8-16)25-20(23)18-11-14-5-3-4-6-15(14)12-19(18)24-2/h3-12H,1-2H3,(H,21,22). The predicted molar refractivity (Wildman–Crippen MR) is 96.2 cm³/mol. The van der Waals surface area contributed by atoms with Crippen molar-refractivity contribution in [3.05, 3.63) is 66.2 Å². The Kier molecular flexibility index (Phi) is 4.66. The molecule has 0 bridgehead atoms. The number of amides is 1. The lowest BCUT2D eigenvalue weighted by atomic mass is 10.1. The first kappa shape index (κ1) is 16.5. The Morgan fingerprint density at radius 3 is 2.16 bits per heavy atom. The quantitative estimate of drug-likeness (QED) is 0.577. The largest absolute Gasteiger partial charge is 0.496 e. The van der Waals surface area contributed by atoms with Crippen LogP contribution in [0.3, 0.4) is 0 Å². The molecule has 0 saturated carbocycles. The summed E-state index contributed by atoms with van der Waals surface area (Å²) in [7, 11) is 1.52. The van der Waals surface area contributed by atoms with E-state index in [1.807, 2.05) is 30.3 Å². The van der Waals surface area contributed by atoms with E-state index in [-0.39, 0.29) is 5.91 Å². The maximum Gasteiger partial charge on any atom is 0.347 e. The Balaban J connectivity index is 1.85. The van der Waals surface area contributed by atoms with Crippen molar-refractivity contribution in [1.29, 1.82) is 0 Å². The molecule has 1 amide bonds. The molecule has 0 radical (unpaired) electrons. The van der Waals surface area contributed by atoms with E-state index < -0.39 is 5.97 Å². The van der Waals surface area contributed by atoms with Crippen molar-refractivity contribution in [1.82, 2.24) is 0 Å². The molecule has 5 heteroatoms. The zero-order valence-electron chi connectivity index (χ0n) is 13.9. The molecule has 0 fully saturated rings. The second-order valence-electron chi connectivity index (χ2n) is 5.49. The summed E-state index contributed by atoms with van der Waals surface area (Å²) >= 11 is 0. The number of carbonyl (C=O) groups is 2. The molecule has 0 unspecified atom stereocenters. The normalized spacial score (nSPS) is 10.3. The van der Waals surface area contributed by atoms with Gasteiger partial charge in [0.1, 0.15) is 17.1 Å². The number of esters is 1. The van der Waals surface area contributed by atoms with Gasteiger partial charge >= 0.3 is 5.97 Å². The van der Waals surface area contributed by atoms with Crippen LogP contribution < -0.4 is 14.8 Å². The van der Waals surface area contributed by atoms with E-state index in [0.29, 0.717) is 22.7 Å². The van der Waals surface area contributed by atoms with Crippen LogP contribution in [0.5, 0.6) is 11.5 Å². The van der Waals surface area contributed by atoms with E-state index >= 15 is 0 Å². The lowest BCUT2D eigenvalue weighted by Gasteiger charge is -2.11. The highest BCUT2D eigenvalue weighted by Gasteiger charge is 2.16. The van der Waals surface area contributed by atoms with Crippen LogP contribution in [-0.4, -0.2) is 19.0 Å². The first-order chi connectivity index (χ1) is 12.1. The fourth-order valence-electron chi connectivity index (χ4n) is 2.52. The van der Waals surface area contributed by atoms with Crippen LogP contribution in [0.15, 0.2) is 60.7 Å². The number of ether oxygens (including phenoxy) is 2. The summed E-state index contributed by atoms with van der Waals surface area (Å²) in [5, 5.41) is 4.57. The van der Waals surface area contributed by atoms with Crippen molar-refractivity contribution < 1.29 is 19.1 Å². The predicted octanol–water partition coefficient (Wildman–Crippen LogP) is 4.03. The Morgan fingerprint density at radius 1 is 0.920 bits per heavy atom. The van der Waals surface area contributed by atoms with Crippen LogP contribution in [0.4, 0.5) is 5.69 Å². The van der Waals surface area contributed by atoms with E-state index in [9.17, 15) is 9.59 Å². The highest BCUT2D eigenvalue weighted by atomic mass is 16.5. The molecular formula is C20H17NO4. The van der Waals surface area contributed by atoms with Gasteiger partial charge in [0.2, 0.25) is 5.91 Å². The monoisotopic (exact) mass is 335 g/mol. The molecule has 5 nitrogen and oxygen atoms in total. The zero-order chi connectivity index (χ0) is 17.8. The van der Waals surface area contributed by atoms with Gasteiger partial charge in [-0.1, -0.05) is 24.3 Å². The third kappa shape index (κ3) is 3.77. The molecule has 126 valence electrons. The number of fused-ring (bicyclic) bond motifs is 1. The fourth-order valence-corrected chi connectivity index (χ4v) is 2.52. The van der Waals surface area contributed by atoms with Gasteiger partial charge in [-0.2, -0.15) is 0 Å². The number of nitrogens with one attached hydrogen (secondary N) is 1. The summed E-state index contributed by atoms with van der Waals surface area (Å²) in [4.78, 5) is 23.6. The van der Waals surface area contributed by atoms with E-state index in [0.717, 1.165) is 10.8 Å². The maximum absolute atomic E-state index is 12.5. The van der Waals surface area contributed by atoms with Crippen LogP contribution >= 0.6 is 0 Å². The van der Waals surface area contributed by atoms with Crippen LogP contribution in [0.1, 0.15) is 17.3 Å². The molecule has 0 saturated heterocycles. The molecule has 3 rings (SSSR count). The van der Waals surface area contributed by atoms with Crippen molar-refractivity contribution in [3.8, 4) is 11.5 Å². The minimum Gasteiger partial charge on any atom is -0.496 e. The summed E-state index contributed by atoms with van der Waals surface area (Å²) in [5.41, 5.74) is 0.989. The lowest BCUT2D eigenvalue weighted by Crippen LogP contribution is -2.10. The first-order valence-electron chi connectivity index (χ1n) is 7.73. The molecular weight excluding hydrogens is 318 g/mol. The van der Waals surface area contributed by atoms with Crippen molar-refractivity contribution in [2.45, 2.75) is 6.92 Å². The number of carbonyl (C=O) groups excluding carboxylic acids is 2. The Morgan fingerprint density at radius 2 is 1.56 bits per heavy atom. The molecule has 0 aliphatic rings. The lowest BCUT2D eigenvalue weighted by molar-refractivity contribution is -0.114. The molecule has 0 aromatic heterocycles. The Bertz CT molecular complexity index is 932. The van der Waals surface area contributed by atoms with Crippen LogP contribution in [0, 0.1) is 0 Å². The number of benzene rings is 3. The van der Waals surface area contributed by atoms with E-state index in [2.05, 4.69) is 5.32 Å². The third-order valence-electron chi connectivity index (χ3n) is 3.67. The molecule has 3 aromatic carbocycles. The van der Waals surface area contributed by atoms with Gasteiger partial charge in [-0.15, -0.1) is 0 Å². The average Bonchev–Trinajstić information content (AvgIpc) is 2.61. The summed E-state index contributed by atoms with van der Waals surface area (Å²) in [6.07, 6.45) is 0.